The first-order chi connectivity index (χ1) is 10.3. The predicted molar refractivity (Wildman–Crippen MR) is 87.6 cm³/mol. The van der Waals surface area contributed by atoms with Crippen molar-refractivity contribution in [2.24, 2.45) is 5.73 Å². The molecule has 0 saturated heterocycles. The number of nitrogens with zero attached hydrogens (tertiary/aromatic N) is 1. The van der Waals surface area contributed by atoms with E-state index < -0.39 is 15.9 Å². The van der Waals surface area contributed by atoms with Crippen molar-refractivity contribution in [2.75, 3.05) is 17.7 Å². The largest absolute Gasteiger partial charge is 0.351 e. The Morgan fingerprint density at radius 3 is 2.18 bits per heavy atom. The number of hydrogen-bond acceptors (Lipinski definition) is 3. The van der Waals surface area contributed by atoms with Gasteiger partial charge in [-0.1, -0.05) is 30.3 Å². The first-order valence-electron chi connectivity index (χ1n) is 6.81. The lowest BCUT2D eigenvalue weighted by Gasteiger charge is -2.18. The van der Waals surface area contributed by atoms with Gasteiger partial charge in [0.1, 0.15) is 0 Å². The standard InChI is InChI=1S/C16H18N2O3S/c1-3-18(16(17)19)13-10-8-12(9-11-13)14-6-4-5-7-15(14)22(2,20)21/h4-11H,3H2,1-2H3,(H2,17,19). The molecule has 0 aliphatic carbocycles. The summed E-state index contributed by atoms with van der Waals surface area (Å²) < 4.78 is 23.7. The van der Waals surface area contributed by atoms with Crippen LogP contribution in [-0.2, 0) is 9.84 Å². The maximum atomic E-state index is 11.9. The second-order valence-corrected chi connectivity index (χ2v) is 6.88. The van der Waals surface area contributed by atoms with Crippen LogP contribution >= 0.6 is 0 Å². The molecule has 0 aromatic heterocycles. The highest BCUT2D eigenvalue weighted by Crippen LogP contribution is 2.28. The molecular weight excluding hydrogens is 300 g/mol. The first kappa shape index (κ1) is 16.0. The summed E-state index contributed by atoms with van der Waals surface area (Å²) in [7, 11) is -3.31. The van der Waals surface area contributed by atoms with Crippen LogP contribution in [0.2, 0.25) is 0 Å². The fourth-order valence-corrected chi connectivity index (χ4v) is 3.23. The Labute approximate surface area is 130 Å². The van der Waals surface area contributed by atoms with E-state index in [4.69, 9.17) is 5.73 Å². The average molecular weight is 318 g/mol. The molecule has 5 nitrogen and oxygen atoms in total. The van der Waals surface area contributed by atoms with Gasteiger partial charge in [0, 0.05) is 24.1 Å². The Morgan fingerprint density at radius 1 is 1.09 bits per heavy atom. The maximum Gasteiger partial charge on any atom is 0.319 e. The van der Waals surface area contributed by atoms with Crippen LogP contribution in [0.4, 0.5) is 10.5 Å². The first-order valence-corrected chi connectivity index (χ1v) is 8.70. The highest BCUT2D eigenvalue weighted by atomic mass is 32.2. The van der Waals surface area contributed by atoms with Crippen molar-refractivity contribution in [2.45, 2.75) is 11.8 Å². The zero-order valence-electron chi connectivity index (χ0n) is 12.5. The molecule has 2 aromatic carbocycles. The lowest BCUT2D eigenvalue weighted by Crippen LogP contribution is -2.35. The number of sulfone groups is 1. The van der Waals surface area contributed by atoms with Gasteiger partial charge in [0.15, 0.2) is 9.84 Å². The summed E-state index contributed by atoms with van der Waals surface area (Å²) in [5, 5.41) is 0. The van der Waals surface area contributed by atoms with E-state index in [1.54, 1.807) is 48.5 Å². The van der Waals surface area contributed by atoms with Gasteiger partial charge in [-0.05, 0) is 30.7 Å². The summed E-state index contributed by atoms with van der Waals surface area (Å²) in [6.07, 6.45) is 1.19. The SMILES string of the molecule is CCN(C(N)=O)c1ccc(-c2ccccc2S(C)(=O)=O)cc1. The van der Waals surface area contributed by atoms with Crippen LogP contribution in [0.3, 0.4) is 0 Å². The van der Waals surface area contributed by atoms with Crippen molar-refractivity contribution in [3.05, 3.63) is 48.5 Å². The Balaban J connectivity index is 2.47. The van der Waals surface area contributed by atoms with E-state index in [-0.39, 0.29) is 4.90 Å². The van der Waals surface area contributed by atoms with Crippen LogP contribution in [-0.4, -0.2) is 27.2 Å². The minimum absolute atomic E-state index is 0.282. The second kappa shape index (κ2) is 6.19. The van der Waals surface area contributed by atoms with Gasteiger partial charge in [-0.3, -0.25) is 4.90 Å². The van der Waals surface area contributed by atoms with Gasteiger partial charge < -0.3 is 5.73 Å². The molecule has 0 saturated carbocycles. The molecule has 0 spiro atoms. The lowest BCUT2D eigenvalue weighted by molar-refractivity contribution is 0.254. The van der Waals surface area contributed by atoms with E-state index in [2.05, 4.69) is 0 Å². The predicted octanol–water partition coefficient (Wildman–Crippen LogP) is 2.66. The van der Waals surface area contributed by atoms with Crippen molar-refractivity contribution in [3.63, 3.8) is 0 Å². The normalized spacial score (nSPS) is 11.2. The minimum Gasteiger partial charge on any atom is -0.351 e. The molecule has 0 aliphatic rings. The monoisotopic (exact) mass is 318 g/mol. The van der Waals surface area contributed by atoms with Crippen molar-refractivity contribution in [1.29, 1.82) is 0 Å². The number of rotatable bonds is 4. The van der Waals surface area contributed by atoms with E-state index in [9.17, 15) is 13.2 Å². The van der Waals surface area contributed by atoms with Crippen LogP contribution < -0.4 is 10.6 Å². The third-order valence-electron chi connectivity index (χ3n) is 3.36. The van der Waals surface area contributed by atoms with Crippen LogP contribution in [0.25, 0.3) is 11.1 Å². The molecule has 2 amide bonds. The molecule has 116 valence electrons. The molecule has 0 aliphatic heterocycles. The number of urea groups is 1. The number of primary amides is 1. The quantitative estimate of drug-likeness (QED) is 0.941. The highest BCUT2D eigenvalue weighted by Gasteiger charge is 2.15. The Bertz CT molecular complexity index is 783. The number of benzene rings is 2. The zero-order valence-corrected chi connectivity index (χ0v) is 13.3. The van der Waals surface area contributed by atoms with Crippen LogP contribution in [0.1, 0.15) is 6.92 Å². The van der Waals surface area contributed by atoms with Gasteiger partial charge >= 0.3 is 6.03 Å². The molecule has 0 heterocycles. The minimum atomic E-state index is -3.31. The average Bonchev–Trinajstić information content (AvgIpc) is 2.47. The molecule has 2 aromatic rings. The van der Waals surface area contributed by atoms with E-state index in [1.807, 2.05) is 6.92 Å². The summed E-state index contributed by atoms with van der Waals surface area (Å²) in [4.78, 5) is 13.1. The summed E-state index contributed by atoms with van der Waals surface area (Å²) >= 11 is 0. The number of carbonyl (C=O) groups is 1. The van der Waals surface area contributed by atoms with E-state index in [1.165, 1.54) is 11.2 Å². The smallest absolute Gasteiger partial charge is 0.319 e. The Kier molecular flexibility index (Phi) is 4.51. The Hall–Kier alpha value is -2.34. The summed E-state index contributed by atoms with van der Waals surface area (Å²) in [5.74, 6) is 0. The molecule has 6 heteroatoms. The van der Waals surface area contributed by atoms with E-state index in [0.29, 0.717) is 17.8 Å². The van der Waals surface area contributed by atoms with Crippen LogP contribution in [0.15, 0.2) is 53.4 Å². The number of carbonyl (C=O) groups excluding carboxylic acids is 1. The molecule has 0 unspecified atom stereocenters. The van der Waals surface area contributed by atoms with Crippen LogP contribution in [0, 0.1) is 0 Å². The number of anilines is 1. The maximum absolute atomic E-state index is 11.9. The lowest BCUT2D eigenvalue weighted by atomic mass is 10.1. The highest BCUT2D eigenvalue weighted by molar-refractivity contribution is 7.90. The summed E-state index contributed by atoms with van der Waals surface area (Å²) in [6.45, 7) is 2.30. The fraction of sp³-hybridized carbons (Fsp3) is 0.188. The molecule has 22 heavy (non-hydrogen) atoms. The fourth-order valence-electron chi connectivity index (χ4n) is 2.32. The van der Waals surface area contributed by atoms with Gasteiger partial charge in [-0.25, -0.2) is 13.2 Å². The number of hydrogen-bond donors (Lipinski definition) is 1. The molecule has 0 radical (unpaired) electrons. The molecular formula is C16H18N2O3S. The second-order valence-electron chi connectivity index (χ2n) is 4.90. The van der Waals surface area contributed by atoms with Gasteiger partial charge in [-0.15, -0.1) is 0 Å². The van der Waals surface area contributed by atoms with Crippen molar-refractivity contribution < 1.29 is 13.2 Å². The van der Waals surface area contributed by atoms with Crippen molar-refractivity contribution in [1.82, 2.24) is 0 Å². The van der Waals surface area contributed by atoms with Crippen molar-refractivity contribution >= 4 is 21.6 Å². The molecule has 0 atom stereocenters. The Morgan fingerprint density at radius 2 is 1.68 bits per heavy atom. The molecule has 2 rings (SSSR count). The van der Waals surface area contributed by atoms with Crippen molar-refractivity contribution in [3.8, 4) is 11.1 Å². The summed E-state index contributed by atoms with van der Waals surface area (Å²) in [6, 6.07) is 13.4. The number of amides is 2. The van der Waals surface area contributed by atoms with Gasteiger partial charge in [0.25, 0.3) is 0 Å². The van der Waals surface area contributed by atoms with Crippen LogP contribution in [0.5, 0.6) is 0 Å². The molecule has 0 bridgehead atoms. The zero-order chi connectivity index (χ0) is 16.3. The number of nitrogens with two attached hydrogens (primary N) is 1. The van der Waals surface area contributed by atoms with E-state index >= 15 is 0 Å². The van der Waals surface area contributed by atoms with Gasteiger partial charge in [-0.2, -0.15) is 0 Å². The van der Waals surface area contributed by atoms with E-state index in [0.717, 1.165) is 5.56 Å². The topological polar surface area (TPSA) is 80.5 Å². The molecule has 2 N–H and O–H groups in total. The third-order valence-corrected chi connectivity index (χ3v) is 4.51. The summed E-state index contributed by atoms with van der Waals surface area (Å²) in [5.41, 5.74) is 7.40. The molecule has 0 fully saturated rings. The van der Waals surface area contributed by atoms with Gasteiger partial charge in [0.05, 0.1) is 4.90 Å². The third kappa shape index (κ3) is 3.28. The van der Waals surface area contributed by atoms with Gasteiger partial charge in [0.2, 0.25) is 0 Å².